The predicted octanol–water partition coefficient (Wildman–Crippen LogP) is 1.91. The lowest BCUT2D eigenvalue weighted by Crippen LogP contribution is -2.28. The van der Waals surface area contributed by atoms with E-state index in [-0.39, 0.29) is 11.0 Å². The quantitative estimate of drug-likeness (QED) is 0.769. The van der Waals surface area contributed by atoms with Gasteiger partial charge in [0.15, 0.2) is 0 Å². The highest BCUT2D eigenvalue weighted by Gasteiger charge is 2.33. The van der Waals surface area contributed by atoms with Crippen molar-refractivity contribution in [2.24, 2.45) is 0 Å². The van der Waals surface area contributed by atoms with Crippen LogP contribution >= 0.6 is 11.3 Å². The van der Waals surface area contributed by atoms with Crippen LogP contribution in [-0.2, 0) is 6.18 Å². The van der Waals surface area contributed by atoms with Crippen LogP contribution in [0.3, 0.4) is 0 Å². The van der Waals surface area contributed by atoms with Gasteiger partial charge in [-0.15, -0.1) is 11.3 Å². The zero-order valence-corrected chi connectivity index (χ0v) is 9.56. The molecule has 2 N–H and O–H groups in total. The number of rotatable bonds is 1. The molecule has 90 valence electrons. The van der Waals surface area contributed by atoms with Crippen molar-refractivity contribution in [1.29, 1.82) is 0 Å². The normalized spacial score (nSPS) is 12.1. The average molecular weight is 260 g/mol. The molecule has 1 heterocycles. The molecule has 0 atom stereocenters. The summed E-state index contributed by atoms with van der Waals surface area (Å²) in [5.74, 6) is 0. The first-order valence-electron chi connectivity index (χ1n) is 4.76. The second kappa shape index (κ2) is 4.01. The molecule has 1 aromatic heterocycles. The van der Waals surface area contributed by atoms with Crippen LogP contribution < -0.4 is 5.46 Å². The Morgan fingerprint density at radius 2 is 1.88 bits per heavy atom. The Labute approximate surface area is 99.5 Å². The summed E-state index contributed by atoms with van der Waals surface area (Å²) in [4.78, 5) is 0. The van der Waals surface area contributed by atoms with Crippen LogP contribution in [0.5, 0.6) is 0 Å². The van der Waals surface area contributed by atoms with Crippen molar-refractivity contribution in [3.63, 3.8) is 0 Å². The zero-order valence-electron chi connectivity index (χ0n) is 8.75. The van der Waals surface area contributed by atoms with Gasteiger partial charge in [-0.2, -0.15) is 13.2 Å². The monoisotopic (exact) mass is 260 g/mol. The number of hydrogen-bond acceptors (Lipinski definition) is 3. The van der Waals surface area contributed by atoms with Gasteiger partial charge >= 0.3 is 13.3 Å². The summed E-state index contributed by atoms with van der Waals surface area (Å²) in [7, 11) is -1.67. The van der Waals surface area contributed by atoms with Gasteiger partial charge in [-0.25, -0.2) is 0 Å². The molecule has 2 nitrogen and oxygen atoms in total. The molecule has 0 bridgehead atoms. The highest BCUT2D eigenvalue weighted by atomic mass is 32.1. The van der Waals surface area contributed by atoms with E-state index in [1.54, 1.807) is 0 Å². The molecule has 0 unspecified atom stereocenters. The lowest BCUT2D eigenvalue weighted by molar-refractivity contribution is -0.137. The molecular formula is C10H8BF3O2S. The van der Waals surface area contributed by atoms with Crippen LogP contribution in [0, 0.1) is 6.92 Å². The van der Waals surface area contributed by atoms with Crippen LogP contribution in [-0.4, -0.2) is 17.2 Å². The van der Waals surface area contributed by atoms with Gasteiger partial charge in [-0.05, 0) is 29.3 Å². The van der Waals surface area contributed by atoms with Crippen molar-refractivity contribution in [2.75, 3.05) is 0 Å². The maximum atomic E-state index is 12.6. The van der Waals surface area contributed by atoms with E-state index in [0.29, 0.717) is 10.1 Å². The predicted molar refractivity (Wildman–Crippen MR) is 61.4 cm³/mol. The fourth-order valence-corrected chi connectivity index (χ4v) is 2.70. The van der Waals surface area contributed by atoms with Crippen molar-refractivity contribution < 1.29 is 23.2 Å². The molecule has 0 aliphatic heterocycles. The summed E-state index contributed by atoms with van der Waals surface area (Å²) in [6.45, 7) is 1.35. The second-order valence-corrected chi connectivity index (χ2v) is 4.64. The molecule has 0 saturated heterocycles. The molecule has 0 fully saturated rings. The molecule has 2 rings (SSSR count). The number of aryl methyl sites for hydroxylation is 1. The van der Waals surface area contributed by atoms with Gasteiger partial charge in [0.2, 0.25) is 0 Å². The van der Waals surface area contributed by atoms with Gasteiger partial charge in [0.1, 0.15) is 0 Å². The summed E-state index contributed by atoms with van der Waals surface area (Å²) in [6, 6.07) is 2.38. The third kappa shape index (κ3) is 2.18. The minimum Gasteiger partial charge on any atom is -0.423 e. The Hall–Kier alpha value is -1.05. The topological polar surface area (TPSA) is 40.5 Å². The van der Waals surface area contributed by atoms with E-state index in [9.17, 15) is 13.2 Å². The van der Waals surface area contributed by atoms with Crippen molar-refractivity contribution in [3.8, 4) is 0 Å². The van der Waals surface area contributed by atoms with Crippen molar-refractivity contribution in [3.05, 3.63) is 28.6 Å². The Balaban J connectivity index is 2.69. The van der Waals surface area contributed by atoms with Crippen molar-refractivity contribution in [1.82, 2.24) is 0 Å². The van der Waals surface area contributed by atoms with E-state index >= 15 is 0 Å². The molecule has 0 saturated carbocycles. The standard InChI is InChI=1S/C10H8BF3O2S/c1-5-2-6-8(11(15)16)4-17-9(6)3-7(5)10(12,13)14/h2-4,15-16H,1H3. The molecule has 0 radical (unpaired) electrons. The number of thiophene rings is 1. The van der Waals surface area contributed by atoms with Crippen LogP contribution in [0.1, 0.15) is 11.1 Å². The highest BCUT2D eigenvalue weighted by Crippen LogP contribution is 2.35. The second-order valence-electron chi connectivity index (χ2n) is 3.73. The van der Waals surface area contributed by atoms with Gasteiger partial charge in [0.05, 0.1) is 5.56 Å². The van der Waals surface area contributed by atoms with E-state index in [2.05, 4.69) is 0 Å². The number of fused-ring (bicyclic) bond motifs is 1. The molecule has 0 aliphatic carbocycles. The van der Waals surface area contributed by atoms with Gasteiger partial charge < -0.3 is 10.0 Å². The van der Waals surface area contributed by atoms with Gasteiger partial charge in [-0.3, -0.25) is 0 Å². The van der Waals surface area contributed by atoms with Crippen LogP contribution in [0.2, 0.25) is 0 Å². The molecule has 17 heavy (non-hydrogen) atoms. The Kier molecular flexibility index (Phi) is 2.93. The Morgan fingerprint density at radius 3 is 2.41 bits per heavy atom. The molecular weight excluding hydrogens is 252 g/mol. The van der Waals surface area contributed by atoms with Gasteiger partial charge in [0, 0.05) is 10.2 Å². The van der Waals surface area contributed by atoms with Crippen LogP contribution in [0.15, 0.2) is 17.5 Å². The molecule has 2 aromatic rings. The molecule has 7 heteroatoms. The smallest absolute Gasteiger partial charge is 0.423 e. The lowest BCUT2D eigenvalue weighted by atomic mass is 9.80. The third-order valence-electron chi connectivity index (χ3n) is 2.53. The average Bonchev–Trinajstić information content (AvgIpc) is 2.57. The first-order chi connectivity index (χ1) is 7.80. The maximum absolute atomic E-state index is 12.6. The summed E-state index contributed by atoms with van der Waals surface area (Å²) < 4.78 is 38.3. The summed E-state index contributed by atoms with van der Waals surface area (Å²) in [6.07, 6.45) is -4.39. The number of alkyl halides is 3. The van der Waals surface area contributed by atoms with Gasteiger partial charge in [-0.1, -0.05) is 6.07 Å². The summed E-state index contributed by atoms with van der Waals surface area (Å²) in [5, 5.41) is 20.0. The van der Waals surface area contributed by atoms with E-state index in [1.807, 2.05) is 0 Å². The van der Waals surface area contributed by atoms with Crippen LogP contribution in [0.25, 0.3) is 10.1 Å². The molecule has 0 aliphatic rings. The fraction of sp³-hybridized carbons (Fsp3) is 0.200. The third-order valence-corrected chi connectivity index (χ3v) is 3.50. The summed E-state index contributed by atoms with van der Waals surface area (Å²) >= 11 is 1.06. The fourth-order valence-electron chi connectivity index (χ4n) is 1.71. The van der Waals surface area contributed by atoms with E-state index in [1.165, 1.54) is 18.4 Å². The lowest BCUT2D eigenvalue weighted by Gasteiger charge is -2.10. The minimum absolute atomic E-state index is 0.0744. The largest absolute Gasteiger partial charge is 0.489 e. The minimum atomic E-state index is -4.39. The van der Waals surface area contributed by atoms with Crippen molar-refractivity contribution in [2.45, 2.75) is 13.1 Å². The van der Waals surface area contributed by atoms with Crippen LogP contribution in [0.4, 0.5) is 13.2 Å². The Morgan fingerprint density at radius 1 is 1.24 bits per heavy atom. The molecule has 0 amide bonds. The Bertz CT molecular complexity index is 562. The van der Waals surface area contributed by atoms with Gasteiger partial charge in [0.25, 0.3) is 0 Å². The highest BCUT2D eigenvalue weighted by molar-refractivity contribution is 7.18. The number of hydrogen-bond donors (Lipinski definition) is 2. The van der Waals surface area contributed by atoms with E-state index < -0.39 is 18.9 Å². The van der Waals surface area contributed by atoms with E-state index in [0.717, 1.165) is 17.4 Å². The first-order valence-corrected chi connectivity index (χ1v) is 5.63. The van der Waals surface area contributed by atoms with Crippen molar-refractivity contribution >= 4 is 34.0 Å². The summed E-state index contributed by atoms with van der Waals surface area (Å²) in [5.41, 5.74) is -0.377. The molecule has 0 spiro atoms. The number of benzene rings is 1. The number of halogens is 3. The molecule has 1 aromatic carbocycles. The zero-order chi connectivity index (χ0) is 12.8. The maximum Gasteiger partial charge on any atom is 0.489 e. The SMILES string of the molecule is Cc1cc2c(B(O)O)csc2cc1C(F)(F)F. The first kappa shape index (κ1) is 12.4. The van der Waals surface area contributed by atoms with E-state index in [4.69, 9.17) is 10.0 Å².